The molecule has 1 aliphatic heterocycles. The van der Waals surface area contributed by atoms with Crippen LogP contribution in [0.3, 0.4) is 0 Å². The third kappa shape index (κ3) is 6.66. The van der Waals surface area contributed by atoms with E-state index in [-0.39, 0.29) is 12.0 Å². The van der Waals surface area contributed by atoms with E-state index in [4.69, 9.17) is 9.15 Å². The number of fused-ring (bicyclic) bond motifs is 1. The predicted octanol–water partition coefficient (Wildman–Crippen LogP) is 6.56. The lowest BCUT2D eigenvalue weighted by molar-refractivity contribution is 0.0139. The summed E-state index contributed by atoms with van der Waals surface area (Å²) in [6.07, 6.45) is -0.258. The van der Waals surface area contributed by atoms with Crippen molar-refractivity contribution in [1.82, 2.24) is 14.8 Å². The molecule has 39 heavy (non-hydrogen) atoms. The van der Waals surface area contributed by atoms with Crippen LogP contribution in [-0.2, 0) is 11.3 Å². The number of amides is 2. The maximum Gasteiger partial charge on any atom is 0.410 e. The zero-order valence-corrected chi connectivity index (χ0v) is 23.8. The van der Waals surface area contributed by atoms with Crippen LogP contribution in [-0.4, -0.2) is 58.6 Å². The van der Waals surface area contributed by atoms with Crippen LogP contribution in [0.25, 0.3) is 22.6 Å². The predicted molar refractivity (Wildman–Crippen MR) is 155 cm³/mol. The molecular formula is C30H31BrN4O4. The Bertz CT molecular complexity index is 1500. The first kappa shape index (κ1) is 26.9. The van der Waals surface area contributed by atoms with Gasteiger partial charge in [-0.3, -0.25) is 9.69 Å². The number of benzene rings is 3. The Morgan fingerprint density at radius 2 is 1.77 bits per heavy atom. The van der Waals surface area contributed by atoms with Crippen molar-refractivity contribution in [3.63, 3.8) is 0 Å². The summed E-state index contributed by atoms with van der Waals surface area (Å²) in [4.78, 5) is 34.0. The molecule has 2 heterocycles. The fourth-order valence-electron chi connectivity index (χ4n) is 4.46. The van der Waals surface area contributed by atoms with Crippen LogP contribution in [0.1, 0.15) is 36.7 Å². The van der Waals surface area contributed by atoms with Crippen LogP contribution >= 0.6 is 15.9 Å². The van der Waals surface area contributed by atoms with Crippen molar-refractivity contribution in [3.8, 4) is 11.5 Å². The normalized spacial score (nSPS) is 14.4. The highest BCUT2D eigenvalue weighted by atomic mass is 79.9. The number of carbonyl (C=O) groups is 2. The Hall–Kier alpha value is -3.69. The number of rotatable bonds is 5. The van der Waals surface area contributed by atoms with Gasteiger partial charge in [0.2, 0.25) is 5.89 Å². The quantitative estimate of drug-likeness (QED) is 0.283. The van der Waals surface area contributed by atoms with Crippen molar-refractivity contribution in [2.24, 2.45) is 0 Å². The van der Waals surface area contributed by atoms with Crippen molar-refractivity contribution in [2.75, 3.05) is 31.5 Å². The second-order valence-electron chi connectivity index (χ2n) is 10.6. The van der Waals surface area contributed by atoms with Gasteiger partial charge < -0.3 is 19.4 Å². The minimum atomic E-state index is -0.495. The van der Waals surface area contributed by atoms with Gasteiger partial charge in [0.25, 0.3) is 5.91 Å². The highest BCUT2D eigenvalue weighted by Crippen LogP contribution is 2.31. The van der Waals surface area contributed by atoms with Gasteiger partial charge >= 0.3 is 6.09 Å². The average Bonchev–Trinajstić information content (AvgIpc) is 3.32. The van der Waals surface area contributed by atoms with Gasteiger partial charge in [-0.05, 0) is 68.8 Å². The van der Waals surface area contributed by atoms with E-state index in [0.717, 1.165) is 35.2 Å². The zero-order chi connectivity index (χ0) is 27.6. The molecule has 1 fully saturated rings. The first-order valence-corrected chi connectivity index (χ1v) is 13.7. The maximum atomic E-state index is 12.9. The summed E-state index contributed by atoms with van der Waals surface area (Å²) in [7, 11) is 0. The van der Waals surface area contributed by atoms with E-state index in [1.165, 1.54) is 0 Å². The van der Waals surface area contributed by atoms with Gasteiger partial charge in [0.1, 0.15) is 11.1 Å². The number of hydrogen-bond donors (Lipinski definition) is 1. The van der Waals surface area contributed by atoms with Gasteiger partial charge in [-0.1, -0.05) is 40.2 Å². The number of anilines is 1. The standard InChI is InChI=1S/C30H31BrN4O4/c1-30(2,3)39-29(37)35-15-13-34(14-16-35)19-20-11-12-25-26(17-20)38-28(33-25)23-9-4-5-10-24(23)32-27(36)21-7-6-8-22(31)18-21/h4-12,17-18H,13-16,19H2,1-3H3,(H,32,36). The molecule has 3 aromatic carbocycles. The second kappa shape index (κ2) is 11.2. The summed E-state index contributed by atoms with van der Waals surface area (Å²) in [6.45, 7) is 9.18. The lowest BCUT2D eigenvalue weighted by Gasteiger charge is -2.35. The molecule has 2 amide bonds. The number of halogens is 1. The number of ether oxygens (including phenoxy) is 1. The molecule has 4 aromatic rings. The number of aromatic nitrogens is 1. The van der Waals surface area contributed by atoms with Crippen LogP contribution in [0.2, 0.25) is 0 Å². The van der Waals surface area contributed by atoms with E-state index in [0.29, 0.717) is 41.4 Å². The van der Waals surface area contributed by atoms with Crippen molar-refractivity contribution >= 4 is 44.7 Å². The van der Waals surface area contributed by atoms with Gasteiger partial charge in [-0.15, -0.1) is 0 Å². The Morgan fingerprint density at radius 1 is 1.00 bits per heavy atom. The molecule has 0 bridgehead atoms. The van der Waals surface area contributed by atoms with Crippen molar-refractivity contribution < 1.29 is 18.7 Å². The third-order valence-corrected chi connectivity index (χ3v) is 6.87. The summed E-state index contributed by atoms with van der Waals surface area (Å²) >= 11 is 3.41. The molecule has 0 radical (unpaired) electrons. The number of nitrogens with zero attached hydrogens (tertiary/aromatic N) is 3. The van der Waals surface area contributed by atoms with Gasteiger partial charge in [-0.2, -0.15) is 0 Å². The molecule has 0 atom stereocenters. The summed E-state index contributed by atoms with van der Waals surface area (Å²) in [5.41, 5.74) is 3.92. The molecule has 5 rings (SSSR count). The smallest absolute Gasteiger partial charge is 0.410 e. The zero-order valence-electron chi connectivity index (χ0n) is 22.2. The van der Waals surface area contributed by atoms with Gasteiger partial charge in [0, 0.05) is 42.8 Å². The monoisotopic (exact) mass is 590 g/mol. The van der Waals surface area contributed by atoms with E-state index < -0.39 is 5.60 Å². The molecule has 0 spiro atoms. The average molecular weight is 592 g/mol. The molecule has 1 N–H and O–H groups in total. The molecule has 1 aliphatic rings. The third-order valence-electron chi connectivity index (χ3n) is 6.38. The number of nitrogens with one attached hydrogen (secondary N) is 1. The highest BCUT2D eigenvalue weighted by molar-refractivity contribution is 9.10. The Morgan fingerprint density at radius 3 is 2.51 bits per heavy atom. The maximum absolute atomic E-state index is 12.9. The molecule has 9 heteroatoms. The minimum Gasteiger partial charge on any atom is -0.444 e. The Balaban J connectivity index is 1.27. The number of hydrogen-bond acceptors (Lipinski definition) is 6. The molecule has 0 aliphatic carbocycles. The van der Waals surface area contributed by atoms with Gasteiger partial charge in [0.05, 0.1) is 11.3 Å². The molecule has 1 saturated heterocycles. The fourth-order valence-corrected chi connectivity index (χ4v) is 4.86. The lowest BCUT2D eigenvalue weighted by Crippen LogP contribution is -2.49. The van der Waals surface area contributed by atoms with Crippen LogP contribution < -0.4 is 5.32 Å². The number of oxazole rings is 1. The van der Waals surface area contributed by atoms with Gasteiger partial charge in [-0.25, -0.2) is 9.78 Å². The molecular weight excluding hydrogens is 560 g/mol. The van der Waals surface area contributed by atoms with E-state index in [1.807, 2.05) is 69.3 Å². The van der Waals surface area contributed by atoms with Crippen molar-refractivity contribution in [3.05, 3.63) is 82.3 Å². The SMILES string of the molecule is CC(C)(C)OC(=O)N1CCN(Cc2ccc3nc(-c4ccccc4NC(=O)c4cccc(Br)c4)oc3c2)CC1. The topological polar surface area (TPSA) is 87.9 Å². The molecule has 0 unspecified atom stereocenters. The first-order chi connectivity index (χ1) is 18.6. The molecule has 1 aromatic heterocycles. The molecule has 0 saturated carbocycles. The number of carbonyl (C=O) groups excluding carboxylic acids is 2. The van der Waals surface area contributed by atoms with E-state index in [1.54, 1.807) is 17.0 Å². The molecule has 8 nitrogen and oxygen atoms in total. The summed E-state index contributed by atoms with van der Waals surface area (Å²) < 4.78 is 12.5. The fraction of sp³-hybridized carbons (Fsp3) is 0.300. The lowest BCUT2D eigenvalue weighted by atomic mass is 10.1. The second-order valence-corrected chi connectivity index (χ2v) is 11.5. The van der Waals surface area contributed by atoms with Crippen LogP contribution in [0.4, 0.5) is 10.5 Å². The van der Waals surface area contributed by atoms with E-state index in [2.05, 4.69) is 37.2 Å². The highest BCUT2D eigenvalue weighted by Gasteiger charge is 2.26. The van der Waals surface area contributed by atoms with Crippen molar-refractivity contribution in [1.29, 1.82) is 0 Å². The van der Waals surface area contributed by atoms with E-state index in [9.17, 15) is 9.59 Å². The summed E-state index contributed by atoms with van der Waals surface area (Å²) in [6, 6.07) is 20.7. The van der Waals surface area contributed by atoms with Crippen LogP contribution in [0, 0.1) is 0 Å². The van der Waals surface area contributed by atoms with Crippen LogP contribution in [0.15, 0.2) is 75.6 Å². The van der Waals surface area contributed by atoms with E-state index >= 15 is 0 Å². The Labute approximate surface area is 236 Å². The molecule has 202 valence electrons. The number of para-hydroxylation sites is 1. The summed E-state index contributed by atoms with van der Waals surface area (Å²) in [5, 5.41) is 2.98. The van der Waals surface area contributed by atoms with Crippen LogP contribution in [0.5, 0.6) is 0 Å². The van der Waals surface area contributed by atoms with Crippen molar-refractivity contribution in [2.45, 2.75) is 32.9 Å². The van der Waals surface area contributed by atoms with Gasteiger partial charge in [0.15, 0.2) is 5.58 Å². The minimum absolute atomic E-state index is 0.214. The number of piperazine rings is 1. The summed E-state index contributed by atoms with van der Waals surface area (Å²) in [5.74, 6) is 0.229. The first-order valence-electron chi connectivity index (χ1n) is 12.9. The largest absolute Gasteiger partial charge is 0.444 e. The Kier molecular flexibility index (Phi) is 7.72.